The van der Waals surface area contributed by atoms with Gasteiger partial charge in [0.1, 0.15) is 0 Å². The van der Waals surface area contributed by atoms with E-state index < -0.39 is 0 Å². The minimum Gasteiger partial charge on any atom is -0.397 e. The molecule has 0 unspecified atom stereocenters. The molecule has 0 aromatic heterocycles. The van der Waals surface area contributed by atoms with Crippen molar-refractivity contribution in [3.63, 3.8) is 0 Å². The SMILES string of the molecule is CN1CCN(c2ccc(N3CCCCC3)c(N)c2)CC1. The third-order valence-corrected chi connectivity index (χ3v) is 4.58. The molecule has 20 heavy (non-hydrogen) atoms. The Morgan fingerprint density at radius 1 is 0.850 bits per heavy atom. The predicted octanol–water partition coefficient (Wildman–Crippen LogP) is 2.01. The van der Waals surface area contributed by atoms with Crippen molar-refractivity contribution >= 4 is 17.1 Å². The van der Waals surface area contributed by atoms with Crippen molar-refractivity contribution in [3.05, 3.63) is 18.2 Å². The minimum atomic E-state index is 0.934. The number of nitrogens with two attached hydrogens (primary N) is 1. The maximum atomic E-state index is 6.31. The summed E-state index contributed by atoms with van der Waals surface area (Å²) in [7, 11) is 2.19. The van der Waals surface area contributed by atoms with Gasteiger partial charge in [-0.1, -0.05) is 0 Å². The summed E-state index contributed by atoms with van der Waals surface area (Å²) in [5.41, 5.74) is 9.74. The van der Waals surface area contributed by atoms with Gasteiger partial charge in [-0.15, -0.1) is 0 Å². The minimum absolute atomic E-state index is 0.934. The molecule has 2 heterocycles. The van der Waals surface area contributed by atoms with Gasteiger partial charge in [0.25, 0.3) is 0 Å². The zero-order valence-electron chi connectivity index (χ0n) is 12.5. The molecular weight excluding hydrogens is 248 g/mol. The number of benzene rings is 1. The number of nitrogen functional groups attached to an aromatic ring is 1. The summed E-state index contributed by atoms with van der Waals surface area (Å²) < 4.78 is 0. The number of rotatable bonds is 2. The van der Waals surface area contributed by atoms with Crippen LogP contribution in [0.1, 0.15) is 19.3 Å². The third-order valence-electron chi connectivity index (χ3n) is 4.58. The second-order valence-corrected chi connectivity index (χ2v) is 6.08. The first-order valence-electron chi connectivity index (χ1n) is 7.82. The van der Waals surface area contributed by atoms with Gasteiger partial charge in [-0.05, 0) is 44.5 Å². The van der Waals surface area contributed by atoms with Gasteiger partial charge >= 0.3 is 0 Å². The lowest BCUT2D eigenvalue weighted by atomic mass is 10.1. The molecule has 0 aliphatic carbocycles. The molecule has 4 nitrogen and oxygen atoms in total. The second-order valence-electron chi connectivity index (χ2n) is 6.08. The average molecular weight is 274 g/mol. The molecule has 0 radical (unpaired) electrons. The van der Waals surface area contributed by atoms with Crippen LogP contribution in [-0.4, -0.2) is 51.2 Å². The Labute approximate surface area is 122 Å². The van der Waals surface area contributed by atoms with Gasteiger partial charge in [0.05, 0.1) is 11.4 Å². The van der Waals surface area contributed by atoms with E-state index in [1.54, 1.807) is 0 Å². The maximum Gasteiger partial charge on any atom is 0.0601 e. The van der Waals surface area contributed by atoms with Crippen LogP contribution in [0, 0.1) is 0 Å². The van der Waals surface area contributed by atoms with Crippen molar-refractivity contribution < 1.29 is 0 Å². The monoisotopic (exact) mass is 274 g/mol. The van der Waals surface area contributed by atoms with Gasteiger partial charge < -0.3 is 20.4 Å². The molecule has 1 aromatic rings. The summed E-state index contributed by atoms with van der Waals surface area (Å²) in [5.74, 6) is 0. The lowest BCUT2D eigenvalue weighted by molar-refractivity contribution is 0.313. The molecule has 0 bridgehead atoms. The zero-order valence-corrected chi connectivity index (χ0v) is 12.5. The average Bonchev–Trinajstić information content (AvgIpc) is 2.49. The molecule has 2 N–H and O–H groups in total. The maximum absolute atomic E-state index is 6.31. The van der Waals surface area contributed by atoms with E-state index in [0.29, 0.717) is 0 Å². The zero-order chi connectivity index (χ0) is 13.9. The van der Waals surface area contributed by atoms with Crippen LogP contribution in [0.5, 0.6) is 0 Å². The van der Waals surface area contributed by atoms with Gasteiger partial charge in [-0.3, -0.25) is 0 Å². The predicted molar refractivity (Wildman–Crippen MR) is 86.6 cm³/mol. The van der Waals surface area contributed by atoms with E-state index in [4.69, 9.17) is 5.73 Å². The number of piperidine rings is 1. The summed E-state index contributed by atoms with van der Waals surface area (Å²) in [6.45, 7) is 6.76. The van der Waals surface area contributed by atoms with Crippen LogP contribution in [0.25, 0.3) is 0 Å². The van der Waals surface area contributed by atoms with Crippen LogP contribution in [0.2, 0.25) is 0 Å². The molecule has 110 valence electrons. The molecule has 0 saturated carbocycles. The van der Waals surface area contributed by atoms with Gasteiger partial charge in [-0.2, -0.15) is 0 Å². The molecule has 2 aliphatic rings. The van der Waals surface area contributed by atoms with E-state index in [1.165, 1.54) is 30.6 Å². The Hall–Kier alpha value is -1.42. The molecular formula is C16H26N4. The third kappa shape index (κ3) is 2.85. The largest absolute Gasteiger partial charge is 0.397 e. The van der Waals surface area contributed by atoms with Gasteiger partial charge in [0.15, 0.2) is 0 Å². The number of hydrogen-bond acceptors (Lipinski definition) is 4. The van der Waals surface area contributed by atoms with Crippen LogP contribution in [0.4, 0.5) is 17.1 Å². The van der Waals surface area contributed by atoms with Crippen LogP contribution in [0.3, 0.4) is 0 Å². The Morgan fingerprint density at radius 3 is 2.20 bits per heavy atom. The second kappa shape index (κ2) is 5.92. The number of piperazine rings is 1. The van der Waals surface area contributed by atoms with E-state index in [1.807, 2.05) is 0 Å². The number of hydrogen-bond donors (Lipinski definition) is 1. The van der Waals surface area contributed by atoms with Crippen molar-refractivity contribution in [1.29, 1.82) is 0 Å². The van der Waals surface area contributed by atoms with Crippen LogP contribution in [0.15, 0.2) is 18.2 Å². The van der Waals surface area contributed by atoms with Crippen molar-refractivity contribution in [2.45, 2.75) is 19.3 Å². The summed E-state index contributed by atoms with van der Waals surface area (Å²) in [6, 6.07) is 6.62. The summed E-state index contributed by atoms with van der Waals surface area (Å²) in [4.78, 5) is 7.25. The van der Waals surface area contributed by atoms with E-state index >= 15 is 0 Å². The van der Waals surface area contributed by atoms with E-state index in [2.05, 4.69) is 39.9 Å². The quantitative estimate of drug-likeness (QED) is 0.837. The summed E-state index contributed by atoms with van der Waals surface area (Å²) in [6.07, 6.45) is 3.94. The molecule has 4 heteroatoms. The van der Waals surface area contributed by atoms with Gasteiger partial charge in [0.2, 0.25) is 0 Å². The van der Waals surface area contributed by atoms with Crippen LogP contribution < -0.4 is 15.5 Å². The van der Waals surface area contributed by atoms with Gasteiger partial charge in [-0.25, -0.2) is 0 Å². The number of likely N-dealkylation sites (N-methyl/N-ethyl adjacent to an activating group) is 1. The van der Waals surface area contributed by atoms with E-state index in [9.17, 15) is 0 Å². The fourth-order valence-electron chi connectivity index (χ4n) is 3.23. The van der Waals surface area contributed by atoms with Crippen molar-refractivity contribution in [2.24, 2.45) is 0 Å². The van der Waals surface area contributed by atoms with Crippen LogP contribution in [-0.2, 0) is 0 Å². The molecule has 3 rings (SSSR count). The van der Waals surface area contributed by atoms with Crippen molar-refractivity contribution in [3.8, 4) is 0 Å². The Bertz CT molecular complexity index is 446. The summed E-state index contributed by atoms with van der Waals surface area (Å²) >= 11 is 0. The topological polar surface area (TPSA) is 35.7 Å². The smallest absolute Gasteiger partial charge is 0.0601 e. The fraction of sp³-hybridized carbons (Fsp3) is 0.625. The normalized spacial score (nSPS) is 21.2. The first-order valence-corrected chi connectivity index (χ1v) is 7.82. The molecule has 0 amide bonds. The first-order chi connectivity index (χ1) is 9.74. The highest BCUT2D eigenvalue weighted by molar-refractivity contribution is 5.73. The fourth-order valence-corrected chi connectivity index (χ4v) is 3.23. The number of nitrogens with zero attached hydrogens (tertiary/aromatic N) is 3. The standard InChI is InChI=1S/C16H26N4/c1-18-9-11-19(12-10-18)14-5-6-16(15(17)13-14)20-7-3-2-4-8-20/h5-6,13H,2-4,7-12,17H2,1H3. The van der Waals surface area contributed by atoms with E-state index in [0.717, 1.165) is 45.0 Å². The highest BCUT2D eigenvalue weighted by Crippen LogP contribution is 2.30. The molecule has 0 atom stereocenters. The van der Waals surface area contributed by atoms with E-state index in [-0.39, 0.29) is 0 Å². The number of anilines is 3. The lowest BCUT2D eigenvalue weighted by Crippen LogP contribution is -2.44. The molecule has 2 saturated heterocycles. The first kappa shape index (κ1) is 13.6. The van der Waals surface area contributed by atoms with Crippen molar-refractivity contribution in [1.82, 2.24) is 4.90 Å². The molecule has 0 spiro atoms. The molecule has 2 fully saturated rings. The molecule has 2 aliphatic heterocycles. The highest BCUT2D eigenvalue weighted by Gasteiger charge is 2.17. The van der Waals surface area contributed by atoms with Crippen LogP contribution >= 0.6 is 0 Å². The Balaban J connectivity index is 1.73. The highest BCUT2D eigenvalue weighted by atomic mass is 15.2. The Morgan fingerprint density at radius 2 is 1.55 bits per heavy atom. The Kier molecular flexibility index (Phi) is 4.01. The van der Waals surface area contributed by atoms with Gasteiger partial charge in [0, 0.05) is 45.0 Å². The van der Waals surface area contributed by atoms with Crippen molar-refractivity contribution in [2.75, 3.05) is 61.8 Å². The molecule has 1 aromatic carbocycles. The lowest BCUT2D eigenvalue weighted by Gasteiger charge is -2.35. The summed E-state index contributed by atoms with van der Waals surface area (Å²) in [5, 5.41) is 0.